The van der Waals surface area contributed by atoms with Gasteiger partial charge in [-0.25, -0.2) is 4.98 Å². The first-order chi connectivity index (χ1) is 11.7. The number of aromatic nitrogens is 3. The van der Waals surface area contributed by atoms with Crippen LogP contribution in [0.1, 0.15) is 20.3 Å². The van der Waals surface area contributed by atoms with Crippen LogP contribution in [0.15, 0.2) is 60.8 Å². The molecule has 5 heteroatoms. The zero-order chi connectivity index (χ0) is 16.8. The second-order valence-corrected chi connectivity index (χ2v) is 5.62. The molecule has 0 bridgehead atoms. The van der Waals surface area contributed by atoms with Gasteiger partial charge in [-0.3, -0.25) is 4.98 Å². The molecule has 2 heterocycles. The van der Waals surface area contributed by atoms with Crippen molar-refractivity contribution in [1.29, 1.82) is 0 Å². The number of rotatable bonds is 6. The largest absolute Gasteiger partial charge is 0.352 e. The zero-order valence-corrected chi connectivity index (χ0v) is 13.9. The van der Waals surface area contributed by atoms with Crippen molar-refractivity contribution in [1.82, 2.24) is 15.0 Å². The average Bonchev–Trinajstić information content (AvgIpc) is 2.63. The van der Waals surface area contributed by atoms with Crippen LogP contribution in [0.25, 0.3) is 11.4 Å². The summed E-state index contributed by atoms with van der Waals surface area (Å²) >= 11 is 0. The molecule has 2 aromatic heterocycles. The number of para-hydroxylation sites is 1. The van der Waals surface area contributed by atoms with E-state index in [4.69, 9.17) is 0 Å². The quantitative estimate of drug-likeness (QED) is 0.701. The minimum absolute atomic E-state index is 0.300. The summed E-state index contributed by atoms with van der Waals surface area (Å²) in [5.41, 5.74) is 2.59. The molecule has 0 aliphatic carbocycles. The van der Waals surface area contributed by atoms with Gasteiger partial charge in [-0.15, -0.1) is 0 Å². The van der Waals surface area contributed by atoms with Gasteiger partial charge >= 0.3 is 0 Å². The van der Waals surface area contributed by atoms with Crippen LogP contribution >= 0.6 is 0 Å². The Labute approximate surface area is 142 Å². The normalized spacial score (nSPS) is 11.8. The molecule has 5 nitrogen and oxygen atoms in total. The first-order valence-corrected chi connectivity index (χ1v) is 8.13. The fourth-order valence-electron chi connectivity index (χ4n) is 2.21. The van der Waals surface area contributed by atoms with Crippen LogP contribution in [0.3, 0.4) is 0 Å². The number of benzene rings is 1. The van der Waals surface area contributed by atoms with E-state index in [0.29, 0.717) is 12.0 Å². The Morgan fingerprint density at radius 1 is 0.958 bits per heavy atom. The summed E-state index contributed by atoms with van der Waals surface area (Å²) in [4.78, 5) is 13.6. The molecule has 2 N–H and O–H groups in total. The van der Waals surface area contributed by atoms with Gasteiger partial charge in [0.25, 0.3) is 0 Å². The van der Waals surface area contributed by atoms with E-state index in [1.165, 1.54) is 0 Å². The lowest BCUT2D eigenvalue weighted by atomic mass is 10.2. The topological polar surface area (TPSA) is 62.7 Å². The predicted octanol–water partition coefficient (Wildman–Crippen LogP) is 4.49. The molecule has 0 saturated carbocycles. The molecule has 0 aliphatic heterocycles. The lowest BCUT2D eigenvalue weighted by Crippen LogP contribution is -2.16. The molecule has 0 amide bonds. The SMILES string of the molecule is CC[C@@H](C)Nc1nc(Nc2ccccc2)cc(-c2ccccn2)n1. The maximum absolute atomic E-state index is 4.61. The number of hydrogen-bond acceptors (Lipinski definition) is 5. The molecule has 0 radical (unpaired) electrons. The maximum atomic E-state index is 4.61. The van der Waals surface area contributed by atoms with Gasteiger partial charge in [-0.05, 0) is 37.6 Å². The number of hydrogen-bond donors (Lipinski definition) is 2. The van der Waals surface area contributed by atoms with E-state index in [9.17, 15) is 0 Å². The molecule has 0 aliphatic rings. The average molecular weight is 319 g/mol. The van der Waals surface area contributed by atoms with E-state index >= 15 is 0 Å². The van der Waals surface area contributed by atoms with E-state index in [1.807, 2.05) is 54.6 Å². The maximum Gasteiger partial charge on any atom is 0.225 e. The number of nitrogens with zero attached hydrogens (tertiary/aromatic N) is 3. The Kier molecular flexibility index (Phi) is 5.01. The van der Waals surface area contributed by atoms with E-state index in [0.717, 1.165) is 29.3 Å². The van der Waals surface area contributed by atoms with Crippen LogP contribution in [0.4, 0.5) is 17.5 Å². The Morgan fingerprint density at radius 3 is 2.46 bits per heavy atom. The Hall–Kier alpha value is -2.95. The minimum Gasteiger partial charge on any atom is -0.352 e. The molecular formula is C19H21N5. The summed E-state index contributed by atoms with van der Waals surface area (Å²) in [5.74, 6) is 1.34. The fraction of sp³-hybridized carbons (Fsp3) is 0.211. The summed E-state index contributed by atoms with van der Waals surface area (Å²) in [5, 5.41) is 6.66. The van der Waals surface area contributed by atoms with Crippen molar-refractivity contribution in [3.8, 4) is 11.4 Å². The molecule has 0 saturated heterocycles. The predicted molar refractivity (Wildman–Crippen MR) is 98.4 cm³/mol. The van der Waals surface area contributed by atoms with Crippen molar-refractivity contribution in [2.24, 2.45) is 0 Å². The smallest absolute Gasteiger partial charge is 0.225 e. The van der Waals surface area contributed by atoms with Crippen molar-refractivity contribution < 1.29 is 0 Å². The van der Waals surface area contributed by atoms with Gasteiger partial charge in [0.15, 0.2) is 0 Å². The van der Waals surface area contributed by atoms with Crippen molar-refractivity contribution in [2.45, 2.75) is 26.3 Å². The fourth-order valence-corrected chi connectivity index (χ4v) is 2.21. The highest BCUT2D eigenvalue weighted by atomic mass is 15.2. The molecule has 122 valence electrons. The van der Waals surface area contributed by atoms with E-state index in [-0.39, 0.29) is 0 Å². The standard InChI is InChI=1S/C19H21N5/c1-3-14(2)21-19-23-17(16-11-7-8-12-20-16)13-18(24-19)22-15-9-5-4-6-10-15/h4-14H,3H2,1-2H3,(H2,21,22,23,24)/t14-/m1/s1. The zero-order valence-electron chi connectivity index (χ0n) is 13.9. The molecular weight excluding hydrogens is 298 g/mol. The second-order valence-electron chi connectivity index (χ2n) is 5.62. The first-order valence-electron chi connectivity index (χ1n) is 8.13. The lowest BCUT2D eigenvalue weighted by Gasteiger charge is -2.14. The van der Waals surface area contributed by atoms with Gasteiger partial charge in [0.1, 0.15) is 5.82 Å². The van der Waals surface area contributed by atoms with Crippen molar-refractivity contribution in [3.63, 3.8) is 0 Å². The molecule has 24 heavy (non-hydrogen) atoms. The Balaban J connectivity index is 1.96. The number of pyridine rings is 1. The third-order valence-corrected chi connectivity index (χ3v) is 3.69. The third kappa shape index (κ3) is 4.07. The third-order valence-electron chi connectivity index (χ3n) is 3.69. The Bertz CT molecular complexity index is 774. The minimum atomic E-state index is 0.300. The second kappa shape index (κ2) is 7.55. The van der Waals surface area contributed by atoms with Gasteiger partial charge in [-0.2, -0.15) is 4.98 Å². The summed E-state index contributed by atoms with van der Waals surface area (Å²) in [6.07, 6.45) is 2.77. The van der Waals surface area contributed by atoms with Crippen LogP contribution in [0, 0.1) is 0 Å². The summed E-state index contributed by atoms with van der Waals surface area (Å²) < 4.78 is 0. The molecule has 3 rings (SSSR count). The highest BCUT2D eigenvalue weighted by molar-refractivity contribution is 5.65. The van der Waals surface area contributed by atoms with Crippen LogP contribution in [-0.4, -0.2) is 21.0 Å². The van der Waals surface area contributed by atoms with Crippen molar-refractivity contribution >= 4 is 17.5 Å². The van der Waals surface area contributed by atoms with Crippen molar-refractivity contribution in [2.75, 3.05) is 10.6 Å². The molecule has 1 atom stereocenters. The van der Waals surface area contributed by atoms with Gasteiger partial charge in [0.05, 0.1) is 11.4 Å². The highest BCUT2D eigenvalue weighted by Crippen LogP contribution is 2.22. The molecule has 0 unspecified atom stereocenters. The van der Waals surface area contributed by atoms with Gasteiger partial charge in [0, 0.05) is 24.0 Å². The summed E-state index contributed by atoms with van der Waals surface area (Å²) in [6, 6.07) is 18.0. The van der Waals surface area contributed by atoms with Crippen LogP contribution in [0.5, 0.6) is 0 Å². The Morgan fingerprint density at radius 2 is 1.75 bits per heavy atom. The van der Waals surface area contributed by atoms with E-state index in [2.05, 4.69) is 39.4 Å². The lowest BCUT2D eigenvalue weighted by molar-refractivity contribution is 0.753. The number of anilines is 3. The van der Waals surface area contributed by atoms with Crippen LogP contribution < -0.4 is 10.6 Å². The molecule has 1 aromatic carbocycles. The monoisotopic (exact) mass is 319 g/mol. The highest BCUT2D eigenvalue weighted by Gasteiger charge is 2.09. The van der Waals surface area contributed by atoms with Gasteiger partial charge in [-0.1, -0.05) is 31.2 Å². The first kappa shape index (κ1) is 15.9. The molecule has 3 aromatic rings. The molecule has 0 fully saturated rings. The van der Waals surface area contributed by atoms with E-state index < -0.39 is 0 Å². The van der Waals surface area contributed by atoms with E-state index in [1.54, 1.807) is 6.20 Å². The number of nitrogens with one attached hydrogen (secondary N) is 2. The van der Waals surface area contributed by atoms with Crippen molar-refractivity contribution in [3.05, 3.63) is 60.8 Å². The van der Waals surface area contributed by atoms with Gasteiger partial charge in [0.2, 0.25) is 5.95 Å². The van der Waals surface area contributed by atoms with Crippen LogP contribution in [-0.2, 0) is 0 Å². The summed E-state index contributed by atoms with van der Waals surface area (Å²) in [7, 11) is 0. The van der Waals surface area contributed by atoms with Gasteiger partial charge < -0.3 is 10.6 Å². The summed E-state index contributed by atoms with van der Waals surface area (Å²) in [6.45, 7) is 4.24. The molecule has 0 spiro atoms. The van der Waals surface area contributed by atoms with Crippen LogP contribution in [0.2, 0.25) is 0 Å².